The van der Waals surface area contributed by atoms with Gasteiger partial charge in [0.15, 0.2) is 0 Å². The standard InChI is InChI=1S/C23H24F2N2O4/c1-29-17-10-7-15(8-11-17)13-30-22-19-16(9-6-14-4-2-3-5-14)12-18(28)31-23(19)27-21(26-22)20(24)25/h7-8,10-12,14,20H,2-6,9,13H2,1H3. The van der Waals surface area contributed by atoms with Gasteiger partial charge in [0.25, 0.3) is 6.43 Å². The first kappa shape index (κ1) is 21.2. The molecule has 0 aliphatic heterocycles. The van der Waals surface area contributed by atoms with Gasteiger partial charge in [-0.15, -0.1) is 0 Å². The number of rotatable bonds is 8. The van der Waals surface area contributed by atoms with Crippen LogP contribution in [0.25, 0.3) is 11.1 Å². The average Bonchev–Trinajstić information content (AvgIpc) is 3.29. The van der Waals surface area contributed by atoms with Crippen molar-refractivity contribution < 1.29 is 22.7 Å². The second-order valence-electron chi connectivity index (χ2n) is 7.78. The SMILES string of the molecule is COc1ccc(COc2nc(C(F)F)nc3oc(=O)cc(CCC4CCCC4)c23)cc1. The summed E-state index contributed by atoms with van der Waals surface area (Å²) in [6.07, 6.45) is 3.40. The normalized spacial score (nSPS) is 14.5. The summed E-state index contributed by atoms with van der Waals surface area (Å²) in [5.41, 5.74) is 0.706. The van der Waals surface area contributed by atoms with Crippen molar-refractivity contribution in [1.82, 2.24) is 9.97 Å². The molecule has 1 aliphatic carbocycles. The summed E-state index contributed by atoms with van der Waals surface area (Å²) in [6, 6.07) is 8.60. The van der Waals surface area contributed by atoms with Crippen molar-refractivity contribution in [2.45, 2.75) is 51.6 Å². The molecule has 0 N–H and O–H groups in total. The fourth-order valence-electron chi connectivity index (χ4n) is 4.06. The second-order valence-corrected chi connectivity index (χ2v) is 7.78. The highest BCUT2D eigenvalue weighted by molar-refractivity contribution is 5.82. The van der Waals surface area contributed by atoms with Gasteiger partial charge >= 0.3 is 5.63 Å². The number of fused-ring (bicyclic) bond motifs is 1. The summed E-state index contributed by atoms with van der Waals surface area (Å²) >= 11 is 0. The van der Waals surface area contributed by atoms with Gasteiger partial charge in [-0.3, -0.25) is 0 Å². The quantitative estimate of drug-likeness (QED) is 0.487. The molecule has 0 atom stereocenters. The third kappa shape index (κ3) is 5.00. The lowest BCUT2D eigenvalue weighted by atomic mass is 9.97. The van der Waals surface area contributed by atoms with E-state index in [9.17, 15) is 13.6 Å². The number of aryl methyl sites for hydroxylation is 1. The molecule has 31 heavy (non-hydrogen) atoms. The van der Waals surface area contributed by atoms with Crippen molar-refractivity contribution in [2.24, 2.45) is 5.92 Å². The fraction of sp³-hybridized carbons (Fsp3) is 0.435. The van der Waals surface area contributed by atoms with Gasteiger partial charge in [0.1, 0.15) is 17.7 Å². The number of alkyl halides is 2. The highest BCUT2D eigenvalue weighted by Gasteiger charge is 2.22. The van der Waals surface area contributed by atoms with E-state index in [2.05, 4.69) is 9.97 Å². The summed E-state index contributed by atoms with van der Waals surface area (Å²) in [7, 11) is 1.57. The zero-order valence-electron chi connectivity index (χ0n) is 17.3. The third-order valence-electron chi connectivity index (χ3n) is 5.70. The zero-order chi connectivity index (χ0) is 21.8. The Kier molecular flexibility index (Phi) is 6.44. The predicted octanol–water partition coefficient (Wildman–Crippen LogP) is 5.23. The van der Waals surface area contributed by atoms with E-state index in [1.807, 2.05) is 12.1 Å². The van der Waals surface area contributed by atoms with E-state index in [1.54, 1.807) is 19.2 Å². The van der Waals surface area contributed by atoms with E-state index in [0.29, 0.717) is 29.0 Å². The Morgan fingerprint density at radius 1 is 1.16 bits per heavy atom. The largest absolute Gasteiger partial charge is 0.497 e. The summed E-state index contributed by atoms with van der Waals surface area (Å²) in [5.74, 6) is 0.578. The molecule has 6 nitrogen and oxygen atoms in total. The van der Waals surface area contributed by atoms with Gasteiger partial charge in [-0.2, -0.15) is 9.97 Å². The van der Waals surface area contributed by atoms with Crippen LogP contribution in [0.3, 0.4) is 0 Å². The molecule has 0 saturated heterocycles. The Balaban J connectivity index is 1.68. The highest BCUT2D eigenvalue weighted by atomic mass is 19.3. The molecule has 1 aromatic carbocycles. The van der Waals surface area contributed by atoms with Crippen LogP contribution in [-0.4, -0.2) is 17.1 Å². The van der Waals surface area contributed by atoms with Crippen molar-refractivity contribution in [3.05, 3.63) is 57.7 Å². The number of benzene rings is 1. The molecule has 2 heterocycles. The summed E-state index contributed by atoms with van der Waals surface area (Å²) in [6.45, 7) is 0.111. The fourth-order valence-corrected chi connectivity index (χ4v) is 4.06. The first-order valence-electron chi connectivity index (χ1n) is 10.4. The molecule has 0 unspecified atom stereocenters. The van der Waals surface area contributed by atoms with Crippen molar-refractivity contribution in [3.8, 4) is 11.6 Å². The molecule has 1 fully saturated rings. The van der Waals surface area contributed by atoms with Crippen molar-refractivity contribution in [1.29, 1.82) is 0 Å². The number of hydrogen-bond donors (Lipinski definition) is 0. The molecule has 0 spiro atoms. The molecular formula is C23H24F2N2O4. The molecule has 164 valence electrons. The highest BCUT2D eigenvalue weighted by Crippen LogP contribution is 2.33. The Morgan fingerprint density at radius 3 is 2.58 bits per heavy atom. The Hall–Kier alpha value is -3.03. The molecule has 1 aliphatic rings. The number of nitrogens with zero attached hydrogens (tertiary/aromatic N) is 2. The van der Waals surface area contributed by atoms with Crippen LogP contribution in [-0.2, 0) is 13.0 Å². The molecule has 0 bridgehead atoms. The van der Waals surface area contributed by atoms with E-state index in [1.165, 1.54) is 31.7 Å². The van der Waals surface area contributed by atoms with Crippen molar-refractivity contribution >= 4 is 11.1 Å². The van der Waals surface area contributed by atoms with Crippen LogP contribution in [0, 0.1) is 5.92 Å². The van der Waals surface area contributed by atoms with Crippen LogP contribution in [0.5, 0.6) is 11.6 Å². The number of halogens is 2. The van der Waals surface area contributed by atoms with Crippen LogP contribution >= 0.6 is 0 Å². The maximum atomic E-state index is 13.4. The maximum absolute atomic E-state index is 13.4. The van der Waals surface area contributed by atoms with E-state index in [4.69, 9.17) is 13.9 Å². The predicted molar refractivity (Wildman–Crippen MR) is 111 cm³/mol. The van der Waals surface area contributed by atoms with Gasteiger partial charge in [-0.1, -0.05) is 37.8 Å². The lowest BCUT2D eigenvalue weighted by Gasteiger charge is -2.14. The topological polar surface area (TPSA) is 74.5 Å². The second kappa shape index (κ2) is 9.41. The minimum Gasteiger partial charge on any atom is -0.497 e. The number of ether oxygens (including phenoxy) is 2. The van der Waals surface area contributed by atoms with Crippen LogP contribution in [0.1, 0.15) is 55.5 Å². The molecular weight excluding hydrogens is 406 g/mol. The van der Waals surface area contributed by atoms with Gasteiger partial charge in [0.2, 0.25) is 17.4 Å². The van der Waals surface area contributed by atoms with E-state index in [-0.39, 0.29) is 18.2 Å². The van der Waals surface area contributed by atoms with Gasteiger partial charge in [-0.05, 0) is 42.0 Å². The molecule has 3 aromatic rings. The molecule has 0 radical (unpaired) electrons. The van der Waals surface area contributed by atoms with Gasteiger partial charge in [0, 0.05) is 6.07 Å². The lowest BCUT2D eigenvalue weighted by Crippen LogP contribution is -2.09. The number of aromatic nitrogens is 2. The minimum absolute atomic E-state index is 0.00119. The molecule has 0 amide bonds. The maximum Gasteiger partial charge on any atom is 0.337 e. The van der Waals surface area contributed by atoms with Crippen molar-refractivity contribution in [3.63, 3.8) is 0 Å². The molecule has 2 aromatic heterocycles. The lowest BCUT2D eigenvalue weighted by molar-refractivity contribution is 0.138. The molecule has 8 heteroatoms. The molecule has 1 saturated carbocycles. The Labute approximate surface area is 178 Å². The van der Waals surface area contributed by atoms with Crippen LogP contribution in [0.15, 0.2) is 39.5 Å². The molecule has 4 rings (SSSR count). The average molecular weight is 430 g/mol. The summed E-state index contributed by atoms with van der Waals surface area (Å²) in [4.78, 5) is 19.8. The van der Waals surface area contributed by atoms with Gasteiger partial charge < -0.3 is 13.9 Å². The van der Waals surface area contributed by atoms with Gasteiger partial charge in [-0.25, -0.2) is 13.6 Å². The minimum atomic E-state index is -2.92. The van der Waals surface area contributed by atoms with E-state index < -0.39 is 17.9 Å². The van der Waals surface area contributed by atoms with Crippen molar-refractivity contribution in [2.75, 3.05) is 7.11 Å². The van der Waals surface area contributed by atoms with Crippen LogP contribution in [0.2, 0.25) is 0 Å². The van der Waals surface area contributed by atoms with Crippen LogP contribution < -0.4 is 15.1 Å². The number of methoxy groups -OCH3 is 1. The van der Waals surface area contributed by atoms with E-state index >= 15 is 0 Å². The van der Waals surface area contributed by atoms with E-state index in [0.717, 1.165) is 12.0 Å². The summed E-state index contributed by atoms with van der Waals surface area (Å²) < 4.78 is 42.8. The van der Waals surface area contributed by atoms with Gasteiger partial charge in [0.05, 0.1) is 7.11 Å². The van der Waals surface area contributed by atoms with Crippen LogP contribution in [0.4, 0.5) is 8.78 Å². The number of hydrogen-bond acceptors (Lipinski definition) is 6. The third-order valence-corrected chi connectivity index (χ3v) is 5.70. The smallest absolute Gasteiger partial charge is 0.337 e. The Morgan fingerprint density at radius 2 is 1.90 bits per heavy atom. The zero-order valence-corrected chi connectivity index (χ0v) is 17.3. The monoisotopic (exact) mass is 430 g/mol. The summed E-state index contributed by atoms with van der Waals surface area (Å²) in [5, 5.41) is 0.385. The first-order valence-corrected chi connectivity index (χ1v) is 10.4. The Bertz CT molecular complexity index is 1090. The first-order chi connectivity index (χ1) is 15.0.